The number of carbonyl (C=O) groups is 1. The van der Waals surface area contributed by atoms with Gasteiger partial charge in [0.1, 0.15) is 5.82 Å². The summed E-state index contributed by atoms with van der Waals surface area (Å²) in [6.45, 7) is 4.24. The fourth-order valence-electron chi connectivity index (χ4n) is 2.85. The van der Waals surface area contributed by atoms with Crippen LogP contribution in [0.1, 0.15) is 31.5 Å². The van der Waals surface area contributed by atoms with Crippen LogP contribution < -0.4 is 10.6 Å². The molecule has 134 valence electrons. The first-order chi connectivity index (χ1) is 12.1. The minimum atomic E-state index is -0.333. The number of hydrogen-bond acceptors (Lipinski definition) is 5. The Morgan fingerprint density at radius 2 is 2.20 bits per heavy atom. The topological polar surface area (TPSA) is 83.3 Å². The third-order valence-corrected chi connectivity index (χ3v) is 4.05. The number of aryl methyl sites for hydroxylation is 1. The van der Waals surface area contributed by atoms with E-state index in [1.807, 2.05) is 0 Å². The van der Waals surface area contributed by atoms with Gasteiger partial charge >= 0.3 is 6.03 Å². The molecule has 0 bridgehead atoms. The summed E-state index contributed by atoms with van der Waals surface area (Å²) < 4.78 is 18.1. The van der Waals surface area contributed by atoms with Crippen LogP contribution in [0, 0.1) is 5.82 Å². The predicted octanol–water partition coefficient (Wildman–Crippen LogP) is 2.56. The van der Waals surface area contributed by atoms with Crippen molar-refractivity contribution >= 4 is 11.7 Å². The molecule has 2 N–H and O–H groups in total. The second-order valence-electron chi connectivity index (χ2n) is 6.18. The molecule has 0 aliphatic carbocycles. The molecule has 1 atom stereocenters. The Morgan fingerprint density at radius 3 is 2.96 bits per heavy atom. The van der Waals surface area contributed by atoms with Crippen molar-refractivity contribution in [2.75, 3.05) is 18.4 Å². The Morgan fingerprint density at radius 1 is 1.40 bits per heavy atom. The van der Waals surface area contributed by atoms with Crippen molar-refractivity contribution in [1.82, 2.24) is 20.4 Å². The third kappa shape index (κ3) is 4.99. The van der Waals surface area contributed by atoms with Gasteiger partial charge in [-0.1, -0.05) is 12.1 Å². The van der Waals surface area contributed by atoms with Crippen LogP contribution >= 0.6 is 0 Å². The van der Waals surface area contributed by atoms with Crippen molar-refractivity contribution in [2.24, 2.45) is 0 Å². The molecule has 2 aromatic rings. The SMILES string of the molecule is CCCc1noc(CN2CC[C@@H](NC(=O)Nc3ccc(F)cc3)C2)n1. The highest BCUT2D eigenvalue weighted by Gasteiger charge is 2.25. The quantitative estimate of drug-likeness (QED) is 0.839. The molecule has 1 aliphatic heterocycles. The van der Waals surface area contributed by atoms with E-state index in [4.69, 9.17) is 4.52 Å². The molecule has 1 aromatic carbocycles. The molecule has 2 amide bonds. The van der Waals surface area contributed by atoms with Crippen molar-refractivity contribution in [3.8, 4) is 0 Å². The summed E-state index contributed by atoms with van der Waals surface area (Å²) in [6.07, 6.45) is 2.65. The van der Waals surface area contributed by atoms with Gasteiger partial charge in [0, 0.05) is 31.2 Å². The summed E-state index contributed by atoms with van der Waals surface area (Å²) in [4.78, 5) is 18.6. The summed E-state index contributed by atoms with van der Waals surface area (Å²) in [5.74, 6) is 1.02. The van der Waals surface area contributed by atoms with E-state index < -0.39 is 0 Å². The van der Waals surface area contributed by atoms with Gasteiger partial charge in [0.2, 0.25) is 5.89 Å². The lowest BCUT2D eigenvalue weighted by atomic mass is 10.3. The molecular weight excluding hydrogens is 325 g/mol. The molecule has 0 unspecified atom stereocenters. The van der Waals surface area contributed by atoms with E-state index in [2.05, 4.69) is 32.6 Å². The number of halogens is 1. The number of urea groups is 1. The van der Waals surface area contributed by atoms with Gasteiger partial charge in [-0.25, -0.2) is 9.18 Å². The zero-order chi connectivity index (χ0) is 17.6. The average Bonchev–Trinajstić information content (AvgIpc) is 3.20. The van der Waals surface area contributed by atoms with E-state index in [0.717, 1.165) is 38.2 Å². The Labute approximate surface area is 145 Å². The second-order valence-corrected chi connectivity index (χ2v) is 6.18. The first-order valence-electron chi connectivity index (χ1n) is 8.49. The molecule has 7 nitrogen and oxygen atoms in total. The van der Waals surface area contributed by atoms with Crippen LogP contribution in [0.5, 0.6) is 0 Å². The van der Waals surface area contributed by atoms with E-state index in [1.165, 1.54) is 24.3 Å². The Bertz CT molecular complexity index is 703. The molecule has 0 spiro atoms. The Hall–Kier alpha value is -2.48. The van der Waals surface area contributed by atoms with E-state index >= 15 is 0 Å². The smallest absolute Gasteiger partial charge is 0.319 e. The number of nitrogens with zero attached hydrogens (tertiary/aromatic N) is 3. The standard InChI is InChI=1S/C17H22FN5O2/c1-2-3-15-21-16(25-22-15)11-23-9-8-14(10-23)20-17(24)19-13-6-4-12(18)5-7-13/h4-7,14H,2-3,8-11H2,1H3,(H2,19,20,24)/t14-/m1/s1. The lowest BCUT2D eigenvalue weighted by Crippen LogP contribution is -2.39. The number of nitrogens with one attached hydrogen (secondary N) is 2. The van der Waals surface area contributed by atoms with Crippen LogP contribution in [-0.2, 0) is 13.0 Å². The summed E-state index contributed by atoms with van der Waals surface area (Å²) in [6, 6.07) is 5.44. The van der Waals surface area contributed by atoms with Crippen LogP contribution in [0.25, 0.3) is 0 Å². The van der Waals surface area contributed by atoms with Crippen LogP contribution in [0.3, 0.4) is 0 Å². The van der Waals surface area contributed by atoms with Gasteiger partial charge in [-0.2, -0.15) is 4.98 Å². The highest BCUT2D eigenvalue weighted by molar-refractivity contribution is 5.89. The lowest BCUT2D eigenvalue weighted by molar-refractivity contribution is 0.244. The maximum atomic E-state index is 12.9. The molecule has 1 aliphatic rings. The second kappa shape index (κ2) is 8.06. The first kappa shape index (κ1) is 17.3. The van der Waals surface area contributed by atoms with E-state index in [9.17, 15) is 9.18 Å². The van der Waals surface area contributed by atoms with Crippen LogP contribution in [0.15, 0.2) is 28.8 Å². The Kier molecular flexibility index (Phi) is 5.60. The van der Waals surface area contributed by atoms with Crippen molar-refractivity contribution in [1.29, 1.82) is 0 Å². The van der Waals surface area contributed by atoms with Crippen LogP contribution in [0.4, 0.5) is 14.9 Å². The maximum Gasteiger partial charge on any atom is 0.319 e. The summed E-state index contributed by atoms with van der Waals surface area (Å²) in [5.41, 5.74) is 0.558. The number of hydrogen-bond donors (Lipinski definition) is 2. The summed E-state index contributed by atoms with van der Waals surface area (Å²) >= 11 is 0. The average molecular weight is 347 g/mol. The number of benzene rings is 1. The normalized spacial score (nSPS) is 17.6. The fraction of sp³-hybridized carbons (Fsp3) is 0.471. The molecule has 0 radical (unpaired) electrons. The zero-order valence-corrected chi connectivity index (χ0v) is 14.2. The monoisotopic (exact) mass is 347 g/mol. The van der Waals surface area contributed by atoms with Crippen molar-refractivity contribution < 1.29 is 13.7 Å². The number of anilines is 1. The molecule has 25 heavy (non-hydrogen) atoms. The summed E-state index contributed by atoms with van der Waals surface area (Å²) in [5, 5.41) is 9.58. The zero-order valence-electron chi connectivity index (χ0n) is 14.2. The van der Waals surface area contributed by atoms with Gasteiger partial charge in [0.25, 0.3) is 0 Å². The number of carbonyl (C=O) groups excluding carboxylic acids is 1. The molecule has 1 fully saturated rings. The number of aromatic nitrogens is 2. The largest absolute Gasteiger partial charge is 0.338 e. The van der Waals surface area contributed by atoms with Crippen LogP contribution in [-0.4, -0.2) is 40.2 Å². The predicted molar refractivity (Wildman–Crippen MR) is 90.5 cm³/mol. The van der Waals surface area contributed by atoms with Crippen molar-refractivity contribution in [3.05, 3.63) is 41.8 Å². The lowest BCUT2D eigenvalue weighted by Gasteiger charge is -2.15. The molecular formula is C17H22FN5O2. The van der Waals surface area contributed by atoms with Crippen molar-refractivity contribution in [3.63, 3.8) is 0 Å². The van der Waals surface area contributed by atoms with Crippen LogP contribution in [0.2, 0.25) is 0 Å². The Balaban J connectivity index is 1.44. The fourth-order valence-corrected chi connectivity index (χ4v) is 2.85. The van der Waals surface area contributed by atoms with Crippen molar-refractivity contribution in [2.45, 2.75) is 38.8 Å². The summed E-state index contributed by atoms with van der Waals surface area (Å²) in [7, 11) is 0. The molecule has 3 rings (SSSR count). The molecule has 8 heteroatoms. The number of rotatable bonds is 6. The van der Waals surface area contributed by atoms with Gasteiger partial charge in [0.05, 0.1) is 6.54 Å². The van der Waals surface area contributed by atoms with Gasteiger partial charge in [-0.3, -0.25) is 4.90 Å². The minimum Gasteiger partial charge on any atom is -0.338 e. The van der Waals surface area contributed by atoms with Gasteiger partial charge < -0.3 is 15.2 Å². The van der Waals surface area contributed by atoms with Gasteiger partial charge in [0.15, 0.2) is 5.82 Å². The molecule has 0 saturated carbocycles. The number of likely N-dealkylation sites (tertiary alicyclic amines) is 1. The number of amides is 2. The van der Waals surface area contributed by atoms with E-state index in [0.29, 0.717) is 18.1 Å². The molecule has 2 heterocycles. The minimum absolute atomic E-state index is 0.0542. The first-order valence-corrected chi connectivity index (χ1v) is 8.49. The van der Waals surface area contributed by atoms with Gasteiger partial charge in [-0.05, 0) is 37.1 Å². The van der Waals surface area contributed by atoms with E-state index in [1.54, 1.807) is 0 Å². The van der Waals surface area contributed by atoms with E-state index in [-0.39, 0.29) is 17.9 Å². The molecule has 1 aromatic heterocycles. The highest BCUT2D eigenvalue weighted by atomic mass is 19.1. The third-order valence-electron chi connectivity index (χ3n) is 4.05. The molecule has 1 saturated heterocycles. The maximum absolute atomic E-state index is 12.9. The van der Waals surface area contributed by atoms with Gasteiger partial charge in [-0.15, -0.1) is 0 Å². The highest BCUT2D eigenvalue weighted by Crippen LogP contribution is 2.14.